The Balaban J connectivity index is 3.63. The molecule has 0 rings (SSSR count). The summed E-state index contributed by atoms with van der Waals surface area (Å²) in [6.07, 6.45) is -0.743. The van der Waals surface area contributed by atoms with E-state index in [1.165, 1.54) is 11.9 Å². The van der Waals surface area contributed by atoms with Crippen molar-refractivity contribution in [2.45, 2.75) is 0 Å². The maximum atomic E-state index is 10.0. The quantitative estimate of drug-likeness (QED) is 0.276. The van der Waals surface area contributed by atoms with Gasteiger partial charge in [0.1, 0.15) is 7.63 Å². The number of hydrogen-bond donors (Lipinski definition) is 2. The van der Waals surface area contributed by atoms with Crippen LogP contribution in [0.1, 0.15) is 1.37 Å². The molecule has 0 fully saturated rings. The Kier molecular flexibility index (Phi) is 1.91. The molecule has 0 spiro atoms. The lowest BCUT2D eigenvalue weighted by atomic mass is 10.6. The van der Waals surface area contributed by atoms with E-state index in [1.807, 2.05) is 0 Å². The first kappa shape index (κ1) is 5.08. The highest BCUT2D eigenvalue weighted by molar-refractivity contribution is 5.76. The Bertz CT molecular complexity index is 136. The molecule has 4 nitrogen and oxygen atoms in total. The predicted octanol–water partition coefficient (Wildman–Crippen LogP) is -0.989. The minimum absolute atomic E-state index is 0.116. The van der Waals surface area contributed by atoms with Crippen LogP contribution in [0.4, 0.5) is 0 Å². The van der Waals surface area contributed by atoms with Gasteiger partial charge in [-0.1, -0.05) is 0 Å². The fraction of sp³-hybridized carbons (Fsp3) is 0.500. The second kappa shape index (κ2) is 3.01. The monoisotopic (exact) mass is 116 g/mol. The molecule has 0 radical (unpaired) electrons. The van der Waals surface area contributed by atoms with Gasteiger partial charge in [-0.15, -0.1) is 0 Å². The van der Waals surface area contributed by atoms with Crippen molar-refractivity contribution in [3.05, 3.63) is 0 Å². The van der Waals surface area contributed by atoms with Crippen molar-refractivity contribution in [1.29, 1.82) is 5.41 Å². The number of rotatable bonds is 2. The molecule has 0 aliphatic heterocycles. The summed E-state index contributed by atoms with van der Waals surface area (Å²) >= 11 is 0. The summed E-state index contributed by atoms with van der Waals surface area (Å²) in [5, 5.41) is 6.76. The largest absolute Gasteiger partial charge is 0.370 e. The zero-order valence-electron chi connectivity index (χ0n) is 5.64. The number of hydrogen-bond acceptors (Lipinski definition) is 2. The molecule has 0 aliphatic rings. The van der Waals surface area contributed by atoms with Gasteiger partial charge in [0.05, 0.1) is 6.54 Å². The lowest BCUT2D eigenvalue weighted by Crippen LogP contribution is -2.33. The van der Waals surface area contributed by atoms with Crippen LogP contribution in [0.3, 0.4) is 0 Å². The number of nitrogens with two attached hydrogens (primary N) is 1. The molecule has 0 atom stereocenters. The van der Waals surface area contributed by atoms with Crippen molar-refractivity contribution in [1.82, 2.24) is 4.90 Å². The predicted molar refractivity (Wildman–Crippen MR) is 30.6 cm³/mol. The zero-order chi connectivity index (χ0) is 7.44. The van der Waals surface area contributed by atoms with Crippen LogP contribution in [-0.2, 0) is 4.79 Å². The minimum atomic E-state index is -0.743. The SMILES string of the molecule is [2H]C(=O)CN(C)C(=N)N. The maximum Gasteiger partial charge on any atom is 0.188 e. The number of guanidine groups is 1. The highest BCUT2D eigenvalue weighted by Crippen LogP contribution is 1.72. The lowest BCUT2D eigenvalue weighted by Gasteiger charge is -2.10. The standard InChI is InChI=1S/C4H9N3O/c1-7(2-3-8)4(5)6/h3H,2H2,1H3,(H3,5,6)/i3D. The van der Waals surface area contributed by atoms with Crippen LogP contribution >= 0.6 is 0 Å². The number of nitrogens with one attached hydrogen (secondary N) is 1. The van der Waals surface area contributed by atoms with Crippen molar-refractivity contribution in [2.75, 3.05) is 13.6 Å². The lowest BCUT2D eigenvalue weighted by molar-refractivity contribution is -0.108. The molecule has 0 unspecified atom stereocenters. The zero-order valence-corrected chi connectivity index (χ0v) is 4.64. The van der Waals surface area contributed by atoms with E-state index in [1.54, 1.807) is 0 Å². The Morgan fingerprint density at radius 3 is 2.88 bits per heavy atom. The Labute approximate surface area is 49.2 Å². The van der Waals surface area contributed by atoms with Crippen molar-refractivity contribution in [3.63, 3.8) is 0 Å². The van der Waals surface area contributed by atoms with Gasteiger partial charge in [-0.25, -0.2) is 0 Å². The molecule has 0 heterocycles. The number of aldehydes is 1. The van der Waals surface area contributed by atoms with Gasteiger partial charge in [0.25, 0.3) is 0 Å². The molecular formula is C4H9N3O. The second-order valence-electron chi connectivity index (χ2n) is 1.39. The molecule has 0 aromatic carbocycles. The Hall–Kier alpha value is -1.06. The molecule has 0 amide bonds. The number of likely N-dealkylation sites (N-methyl/N-ethyl adjacent to an activating group) is 1. The molecule has 0 aliphatic carbocycles. The van der Waals surface area contributed by atoms with Gasteiger partial charge in [-0.2, -0.15) is 0 Å². The van der Waals surface area contributed by atoms with E-state index in [2.05, 4.69) is 0 Å². The molecule has 0 aromatic rings. The van der Waals surface area contributed by atoms with E-state index in [9.17, 15) is 4.79 Å². The number of nitrogens with zero attached hydrogens (tertiary/aromatic N) is 1. The summed E-state index contributed by atoms with van der Waals surface area (Å²) in [7, 11) is 1.48. The number of carbonyl (C=O) groups excluding carboxylic acids is 1. The van der Waals surface area contributed by atoms with Gasteiger partial charge in [-0.3, -0.25) is 5.41 Å². The van der Waals surface area contributed by atoms with Crippen molar-refractivity contribution in [2.24, 2.45) is 5.73 Å². The van der Waals surface area contributed by atoms with E-state index in [0.29, 0.717) is 0 Å². The summed E-state index contributed by atoms with van der Waals surface area (Å²) in [6.45, 7) is -0.116. The first-order valence-electron chi connectivity index (χ1n) is 2.58. The Morgan fingerprint density at radius 1 is 2.25 bits per heavy atom. The van der Waals surface area contributed by atoms with Crippen LogP contribution in [0.25, 0.3) is 0 Å². The second-order valence-corrected chi connectivity index (χ2v) is 1.39. The third kappa shape index (κ3) is 2.17. The van der Waals surface area contributed by atoms with Gasteiger partial charge in [0, 0.05) is 7.05 Å². The Morgan fingerprint density at radius 2 is 2.75 bits per heavy atom. The third-order valence-corrected chi connectivity index (χ3v) is 0.713. The molecule has 3 N–H and O–H groups in total. The highest BCUT2D eigenvalue weighted by atomic mass is 16.1. The topological polar surface area (TPSA) is 70.2 Å². The van der Waals surface area contributed by atoms with Crippen LogP contribution in [0.2, 0.25) is 0 Å². The van der Waals surface area contributed by atoms with Crippen molar-refractivity contribution < 1.29 is 6.17 Å². The fourth-order valence-corrected chi connectivity index (χ4v) is 0.182. The van der Waals surface area contributed by atoms with E-state index in [0.717, 1.165) is 0 Å². The van der Waals surface area contributed by atoms with Crippen molar-refractivity contribution >= 4 is 12.2 Å². The number of carbonyl (C=O) groups is 1. The van der Waals surface area contributed by atoms with E-state index < -0.39 is 6.26 Å². The van der Waals surface area contributed by atoms with Gasteiger partial charge in [-0.05, 0) is 0 Å². The molecule has 0 saturated heterocycles. The van der Waals surface area contributed by atoms with E-state index in [4.69, 9.17) is 12.5 Å². The fourth-order valence-electron chi connectivity index (χ4n) is 0.182. The van der Waals surface area contributed by atoms with Crippen LogP contribution in [0.15, 0.2) is 0 Å². The van der Waals surface area contributed by atoms with Crippen LogP contribution in [0, 0.1) is 5.41 Å². The summed E-state index contributed by atoms with van der Waals surface area (Å²) in [5.41, 5.74) is 4.96. The van der Waals surface area contributed by atoms with E-state index >= 15 is 0 Å². The summed E-state index contributed by atoms with van der Waals surface area (Å²) < 4.78 is 6.47. The summed E-state index contributed by atoms with van der Waals surface area (Å²) in [4.78, 5) is 11.2. The smallest absolute Gasteiger partial charge is 0.188 e. The first-order valence-corrected chi connectivity index (χ1v) is 2.08. The third-order valence-electron chi connectivity index (χ3n) is 0.713. The van der Waals surface area contributed by atoms with Crippen LogP contribution in [-0.4, -0.2) is 30.7 Å². The normalized spacial score (nSPS) is 9.88. The molecule has 8 heavy (non-hydrogen) atoms. The molecular weight excluding hydrogens is 106 g/mol. The first-order chi connectivity index (χ1) is 4.04. The van der Waals surface area contributed by atoms with Crippen LogP contribution < -0.4 is 5.73 Å². The minimum Gasteiger partial charge on any atom is -0.370 e. The molecule has 0 aromatic heterocycles. The average molecular weight is 116 g/mol. The summed E-state index contributed by atoms with van der Waals surface area (Å²) in [5.74, 6) is -0.199. The van der Waals surface area contributed by atoms with Gasteiger partial charge in [0.15, 0.2) is 5.96 Å². The van der Waals surface area contributed by atoms with Gasteiger partial charge >= 0.3 is 0 Å². The molecule has 4 heteroatoms. The molecule has 46 valence electrons. The summed E-state index contributed by atoms with van der Waals surface area (Å²) in [6, 6.07) is 0. The van der Waals surface area contributed by atoms with Crippen molar-refractivity contribution in [3.8, 4) is 0 Å². The highest BCUT2D eigenvalue weighted by Gasteiger charge is 1.93. The van der Waals surface area contributed by atoms with Gasteiger partial charge < -0.3 is 15.4 Å². The van der Waals surface area contributed by atoms with E-state index in [-0.39, 0.29) is 12.5 Å². The average Bonchev–Trinajstić information content (AvgIpc) is 1.63. The van der Waals surface area contributed by atoms with Crippen LogP contribution in [0.5, 0.6) is 0 Å². The maximum absolute atomic E-state index is 10.0. The molecule has 0 saturated carbocycles. The van der Waals surface area contributed by atoms with Gasteiger partial charge in [0.2, 0.25) is 0 Å². The molecule has 0 bridgehead atoms.